The van der Waals surface area contributed by atoms with Gasteiger partial charge in [-0.05, 0) is 19.4 Å². The van der Waals surface area contributed by atoms with Crippen LogP contribution < -0.4 is 0 Å². The van der Waals surface area contributed by atoms with Gasteiger partial charge in [0, 0.05) is 22.8 Å². The maximum absolute atomic E-state index is 11.9. The maximum Gasteiger partial charge on any atom is 0.148 e. The van der Waals surface area contributed by atoms with Gasteiger partial charge in [-0.3, -0.25) is 4.21 Å². The topological polar surface area (TPSA) is 51.2 Å². The van der Waals surface area contributed by atoms with E-state index >= 15 is 0 Å². The Hall–Kier alpha value is -0.680. The first-order valence-electron chi connectivity index (χ1n) is 5.41. The minimum Gasteiger partial charge on any atom is -0.259 e. The Balaban J connectivity index is 2.70. The van der Waals surface area contributed by atoms with E-state index in [0.29, 0.717) is 0 Å². The lowest BCUT2D eigenvalue weighted by atomic mass is 10.1. The molecule has 3 nitrogen and oxygen atoms in total. The van der Waals surface area contributed by atoms with E-state index in [1.54, 1.807) is 0 Å². The summed E-state index contributed by atoms with van der Waals surface area (Å²) in [5.74, 6) is 0.184. The Morgan fingerprint density at radius 3 is 2.53 bits per heavy atom. The average Bonchev–Trinajstić information content (AvgIpc) is 2.24. The molecule has 0 saturated heterocycles. The molecule has 5 heteroatoms. The van der Waals surface area contributed by atoms with Gasteiger partial charge < -0.3 is 0 Å². The van der Waals surface area contributed by atoms with Crippen molar-refractivity contribution in [2.24, 2.45) is 0 Å². The highest BCUT2D eigenvalue weighted by Crippen LogP contribution is 2.20. The van der Waals surface area contributed by atoms with Gasteiger partial charge >= 0.3 is 0 Å². The van der Waals surface area contributed by atoms with E-state index in [-0.39, 0.29) is 16.8 Å². The molecule has 0 N–H and O–H groups in total. The van der Waals surface area contributed by atoms with E-state index in [0.717, 1.165) is 11.1 Å². The molecular formula is C12H18O3S2. The van der Waals surface area contributed by atoms with E-state index in [1.807, 2.05) is 38.1 Å². The molecule has 0 fully saturated rings. The van der Waals surface area contributed by atoms with Crippen LogP contribution in [0.3, 0.4) is 0 Å². The molecule has 96 valence electrons. The van der Waals surface area contributed by atoms with E-state index in [1.165, 1.54) is 6.26 Å². The summed E-state index contributed by atoms with van der Waals surface area (Å²) in [6.07, 6.45) is 1.17. The molecule has 0 bridgehead atoms. The van der Waals surface area contributed by atoms with Crippen LogP contribution in [0.5, 0.6) is 0 Å². The van der Waals surface area contributed by atoms with Crippen LogP contribution in [-0.4, -0.2) is 30.4 Å². The molecule has 17 heavy (non-hydrogen) atoms. The lowest BCUT2D eigenvalue weighted by Crippen LogP contribution is -2.15. The third kappa shape index (κ3) is 5.00. The summed E-state index contributed by atoms with van der Waals surface area (Å²) in [6, 6.07) is 7.82. The third-order valence-electron chi connectivity index (χ3n) is 2.56. The van der Waals surface area contributed by atoms with Gasteiger partial charge in [0.2, 0.25) is 0 Å². The Morgan fingerprint density at radius 1 is 1.35 bits per heavy atom. The molecule has 0 spiro atoms. The molecule has 2 atom stereocenters. The van der Waals surface area contributed by atoms with E-state index < -0.39 is 20.6 Å². The molecule has 0 heterocycles. The lowest BCUT2D eigenvalue weighted by Gasteiger charge is -2.12. The van der Waals surface area contributed by atoms with Crippen molar-refractivity contribution in [2.45, 2.75) is 19.1 Å². The van der Waals surface area contributed by atoms with Crippen LogP contribution in [0, 0.1) is 6.92 Å². The molecule has 0 unspecified atom stereocenters. The monoisotopic (exact) mass is 274 g/mol. The smallest absolute Gasteiger partial charge is 0.148 e. The fraction of sp³-hybridized carbons (Fsp3) is 0.500. The predicted octanol–water partition coefficient (Wildman–Crippen LogP) is 1.85. The van der Waals surface area contributed by atoms with Gasteiger partial charge in [0.05, 0.1) is 11.0 Å². The zero-order valence-corrected chi connectivity index (χ0v) is 12.0. The number of rotatable bonds is 5. The Morgan fingerprint density at radius 2 is 2.00 bits per heavy atom. The average molecular weight is 274 g/mol. The number of sulfone groups is 1. The highest BCUT2D eigenvalue weighted by atomic mass is 32.2. The van der Waals surface area contributed by atoms with Crippen molar-refractivity contribution in [3.05, 3.63) is 35.4 Å². The van der Waals surface area contributed by atoms with Crippen LogP contribution in [-0.2, 0) is 20.6 Å². The standard InChI is InChI=1S/C12H18O3S2/c1-10-5-4-6-12(9-10)11(2)16(13)7-8-17(3,14)15/h4-6,9,11H,7-8H2,1-3H3/t11-,16-/m1/s1. The van der Waals surface area contributed by atoms with Crippen LogP contribution in [0.1, 0.15) is 23.3 Å². The van der Waals surface area contributed by atoms with Gasteiger partial charge in [-0.1, -0.05) is 29.8 Å². The summed E-state index contributed by atoms with van der Waals surface area (Å²) >= 11 is 0. The molecular weight excluding hydrogens is 256 g/mol. The maximum atomic E-state index is 11.9. The largest absolute Gasteiger partial charge is 0.259 e. The second-order valence-corrected chi connectivity index (χ2v) is 8.41. The minimum atomic E-state index is -3.04. The van der Waals surface area contributed by atoms with Gasteiger partial charge in [0.15, 0.2) is 0 Å². The summed E-state index contributed by atoms with van der Waals surface area (Å²) < 4.78 is 34.0. The highest BCUT2D eigenvalue weighted by Gasteiger charge is 2.15. The van der Waals surface area contributed by atoms with Crippen LogP contribution in [0.25, 0.3) is 0 Å². The SMILES string of the molecule is Cc1cccc([C@@H](C)[S@](=O)CCS(C)(=O)=O)c1. The zero-order valence-electron chi connectivity index (χ0n) is 10.3. The van der Waals surface area contributed by atoms with Gasteiger partial charge in [-0.25, -0.2) is 8.42 Å². The van der Waals surface area contributed by atoms with Crippen molar-refractivity contribution in [3.8, 4) is 0 Å². The molecule has 1 aromatic carbocycles. The molecule has 0 saturated carbocycles. The van der Waals surface area contributed by atoms with Crippen molar-refractivity contribution in [2.75, 3.05) is 17.8 Å². The molecule has 1 aromatic rings. The second-order valence-electron chi connectivity index (χ2n) is 4.27. The normalized spacial score (nSPS) is 15.5. The summed E-state index contributed by atoms with van der Waals surface area (Å²) in [6.45, 7) is 3.85. The second kappa shape index (κ2) is 5.78. The summed E-state index contributed by atoms with van der Waals surface area (Å²) in [7, 11) is -4.19. The van der Waals surface area contributed by atoms with Crippen LogP contribution >= 0.6 is 0 Å². The zero-order chi connectivity index (χ0) is 13.1. The molecule has 0 aromatic heterocycles. The van der Waals surface area contributed by atoms with Crippen molar-refractivity contribution >= 4 is 20.6 Å². The molecule has 0 aliphatic carbocycles. The molecule has 1 rings (SSSR count). The van der Waals surface area contributed by atoms with Crippen molar-refractivity contribution < 1.29 is 12.6 Å². The van der Waals surface area contributed by atoms with Crippen molar-refractivity contribution in [3.63, 3.8) is 0 Å². The predicted molar refractivity (Wildman–Crippen MR) is 72.3 cm³/mol. The van der Waals surface area contributed by atoms with Gasteiger partial charge in [-0.2, -0.15) is 0 Å². The number of hydrogen-bond donors (Lipinski definition) is 0. The number of benzene rings is 1. The van der Waals surface area contributed by atoms with Crippen LogP contribution in [0.4, 0.5) is 0 Å². The Kier molecular flexibility index (Phi) is 4.89. The number of aryl methyl sites for hydroxylation is 1. The molecule has 0 radical (unpaired) electrons. The van der Waals surface area contributed by atoms with Gasteiger partial charge in [0.25, 0.3) is 0 Å². The third-order valence-corrected chi connectivity index (χ3v) is 5.43. The van der Waals surface area contributed by atoms with E-state index in [4.69, 9.17) is 0 Å². The number of hydrogen-bond acceptors (Lipinski definition) is 3. The summed E-state index contributed by atoms with van der Waals surface area (Å²) in [5, 5.41) is -0.128. The van der Waals surface area contributed by atoms with Crippen molar-refractivity contribution in [1.29, 1.82) is 0 Å². The molecule has 0 aliphatic heterocycles. The van der Waals surface area contributed by atoms with E-state index in [9.17, 15) is 12.6 Å². The fourth-order valence-corrected chi connectivity index (χ4v) is 4.16. The van der Waals surface area contributed by atoms with Crippen LogP contribution in [0.2, 0.25) is 0 Å². The van der Waals surface area contributed by atoms with Gasteiger partial charge in [0.1, 0.15) is 9.84 Å². The molecule has 0 aliphatic rings. The Labute approximate surface area is 106 Å². The van der Waals surface area contributed by atoms with E-state index in [2.05, 4.69) is 0 Å². The Bertz CT molecular complexity index is 506. The quantitative estimate of drug-likeness (QED) is 0.823. The summed E-state index contributed by atoms with van der Waals surface area (Å²) in [4.78, 5) is 0. The minimum absolute atomic E-state index is 0.0181. The first-order chi connectivity index (χ1) is 7.79. The van der Waals surface area contributed by atoms with Gasteiger partial charge in [-0.15, -0.1) is 0 Å². The first-order valence-corrected chi connectivity index (χ1v) is 8.85. The molecule has 0 amide bonds. The highest BCUT2D eigenvalue weighted by molar-refractivity contribution is 7.92. The first kappa shape index (κ1) is 14.4. The fourth-order valence-electron chi connectivity index (χ4n) is 1.49. The summed E-state index contributed by atoms with van der Waals surface area (Å²) in [5.41, 5.74) is 2.12. The lowest BCUT2D eigenvalue weighted by molar-refractivity contribution is 0.602. The van der Waals surface area contributed by atoms with Crippen molar-refractivity contribution in [1.82, 2.24) is 0 Å². The van der Waals surface area contributed by atoms with Crippen LogP contribution in [0.15, 0.2) is 24.3 Å².